The number of carbonyl (C=O) groups is 1. The second-order valence-corrected chi connectivity index (χ2v) is 6.91. The first-order chi connectivity index (χ1) is 8.67. The Morgan fingerprint density at radius 1 is 1.56 bits per heavy atom. The van der Waals surface area contributed by atoms with Crippen molar-refractivity contribution in [1.82, 2.24) is 10.6 Å². The van der Waals surface area contributed by atoms with Gasteiger partial charge in [0, 0.05) is 16.3 Å². The number of hydrogen-bond acceptors (Lipinski definition) is 3. The second kappa shape index (κ2) is 4.67. The summed E-state index contributed by atoms with van der Waals surface area (Å²) in [6.45, 7) is 4.51. The molecule has 1 aromatic rings. The van der Waals surface area contributed by atoms with Crippen molar-refractivity contribution in [2.75, 3.05) is 13.1 Å². The maximum Gasteiger partial charge on any atom is 0.227 e. The van der Waals surface area contributed by atoms with E-state index in [4.69, 9.17) is 0 Å². The molecule has 0 saturated carbocycles. The minimum absolute atomic E-state index is 0.195. The fraction of sp³-hybridized carbons (Fsp3) is 0.643. The van der Waals surface area contributed by atoms with Crippen molar-refractivity contribution in [2.45, 2.75) is 39.2 Å². The third kappa shape index (κ3) is 2.19. The molecule has 1 saturated heterocycles. The highest BCUT2D eigenvalue weighted by molar-refractivity contribution is 7.12. The van der Waals surface area contributed by atoms with Gasteiger partial charge in [-0.25, -0.2) is 0 Å². The van der Waals surface area contributed by atoms with Crippen LogP contribution in [0.4, 0.5) is 0 Å². The number of aryl methyl sites for hydroxylation is 2. The van der Waals surface area contributed by atoms with Crippen molar-refractivity contribution in [3.8, 4) is 0 Å². The fourth-order valence-corrected chi connectivity index (χ4v) is 4.07. The lowest BCUT2D eigenvalue weighted by Gasteiger charge is -2.21. The molecule has 1 aliphatic heterocycles. The molecule has 0 bridgehead atoms. The van der Waals surface area contributed by atoms with Crippen molar-refractivity contribution >= 4 is 17.2 Å². The summed E-state index contributed by atoms with van der Waals surface area (Å²) in [5, 5.41) is 6.37. The van der Waals surface area contributed by atoms with Gasteiger partial charge in [-0.2, -0.15) is 0 Å². The highest BCUT2D eigenvalue weighted by atomic mass is 32.1. The van der Waals surface area contributed by atoms with E-state index in [2.05, 4.69) is 23.6 Å². The van der Waals surface area contributed by atoms with E-state index < -0.39 is 0 Å². The van der Waals surface area contributed by atoms with Gasteiger partial charge in [0.2, 0.25) is 5.91 Å². The predicted octanol–water partition coefficient (Wildman–Crippen LogP) is 1.85. The summed E-state index contributed by atoms with van der Waals surface area (Å²) in [4.78, 5) is 15.0. The van der Waals surface area contributed by atoms with Gasteiger partial charge in [0.15, 0.2) is 0 Å². The maximum absolute atomic E-state index is 12.2. The van der Waals surface area contributed by atoms with E-state index >= 15 is 0 Å². The normalized spacial score (nSPS) is 26.3. The maximum atomic E-state index is 12.2. The van der Waals surface area contributed by atoms with Crippen LogP contribution in [0.5, 0.6) is 0 Å². The number of rotatable bonds is 3. The van der Waals surface area contributed by atoms with Gasteiger partial charge in [0.05, 0.1) is 12.0 Å². The van der Waals surface area contributed by atoms with Gasteiger partial charge in [-0.05, 0) is 50.8 Å². The molecule has 0 aromatic carbocycles. The molecule has 1 unspecified atom stereocenters. The van der Waals surface area contributed by atoms with E-state index in [1.54, 1.807) is 0 Å². The Bertz CT molecular complexity index is 439. The molecule has 0 spiro atoms. The van der Waals surface area contributed by atoms with Crippen LogP contribution < -0.4 is 10.6 Å². The zero-order valence-electron chi connectivity index (χ0n) is 10.8. The van der Waals surface area contributed by atoms with E-state index in [1.165, 1.54) is 34.6 Å². The van der Waals surface area contributed by atoms with E-state index in [1.807, 2.05) is 11.3 Å². The summed E-state index contributed by atoms with van der Waals surface area (Å²) in [5.41, 5.74) is 1.30. The van der Waals surface area contributed by atoms with Crippen molar-refractivity contribution in [2.24, 2.45) is 5.41 Å². The minimum atomic E-state index is -0.208. The second-order valence-electron chi connectivity index (χ2n) is 5.68. The molecular weight excluding hydrogens is 244 g/mol. The molecule has 1 amide bonds. The van der Waals surface area contributed by atoms with E-state index in [-0.39, 0.29) is 11.3 Å². The van der Waals surface area contributed by atoms with Crippen molar-refractivity contribution in [1.29, 1.82) is 0 Å². The number of hydrogen-bond donors (Lipinski definition) is 2. The monoisotopic (exact) mass is 264 g/mol. The summed E-state index contributed by atoms with van der Waals surface area (Å²) >= 11 is 1.88. The molecule has 1 atom stereocenters. The van der Waals surface area contributed by atoms with Gasteiger partial charge < -0.3 is 10.6 Å². The zero-order chi connectivity index (χ0) is 12.6. The van der Waals surface area contributed by atoms with Crippen LogP contribution in [-0.2, 0) is 24.2 Å². The first kappa shape index (κ1) is 12.2. The summed E-state index contributed by atoms with van der Waals surface area (Å²) in [6, 6.07) is 2.28. The minimum Gasteiger partial charge on any atom is -0.351 e. The van der Waals surface area contributed by atoms with E-state index in [0.717, 1.165) is 19.5 Å². The van der Waals surface area contributed by atoms with Crippen LogP contribution in [0.3, 0.4) is 0 Å². The number of nitrogens with one attached hydrogen (secondary N) is 2. The van der Waals surface area contributed by atoms with Gasteiger partial charge in [-0.15, -0.1) is 11.3 Å². The Hall–Kier alpha value is -0.870. The van der Waals surface area contributed by atoms with Crippen LogP contribution in [0, 0.1) is 5.41 Å². The number of thiophene rings is 1. The molecule has 2 aliphatic rings. The predicted molar refractivity (Wildman–Crippen MR) is 73.8 cm³/mol. The Morgan fingerprint density at radius 3 is 3.17 bits per heavy atom. The van der Waals surface area contributed by atoms with E-state index in [9.17, 15) is 4.79 Å². The van der Waals surface area contributed by atoms with Crippen molar-refractivity contribution < 1.29 is 4.79 Å². The number of amides is 1. The largest absolute Gasteiger partial charge is 0.351 e. The average Bonchev–Trinajstić information content (AvgIpc) is 3.01. The lowest BCUT2D eigenvalue weighted by molar-refractivity contribution is -0.129. The average molecular weight is 264 g/mol. The highest BCUT2D eigenvalue weighted by Gasteiger charge is 2.36. The molecule has 1 aromatic heterocycles. The molecule has 98 valence electrons. The zero-order valence-corrected chi connectivity index (χ0v) is 11.7. The first-order valence-corrected chi connectivity index (χ1v) is 7.58. The quantitative estimate of drug-likeness (QED) is 0.875. The number of carbonyl (C=O) groups excluding carboxylic acids is 1. The summed E-state index contributed by atoms with van der Waals surface area (Å²) in [6.07, 6.45) is 4.70. The smallest absolute Gasteiger partial charge is 0.227 e. The van der Waals surface area contributed by atoms with Crippen LogP contribution in [-0.4, -0.2) is 19.0 Å². The Morgan fingerprint density at radius 2 is 2.44 bits per heavy atom. The molecule has 2 N–H and O–H groups in total. The van der Waals surface area contributed by atoms with Crippen LogP contribution in [0.2, 0.25) is 0 Å². The van der Waals surface area contributed by atoms with Crippen LogP contribution in [0.25, 0.3) is 0 Å². The SMILES string of the molecule is CC1(C(=O)NCc2cc3c(s2)CCC3)CCNC1. The van der Waals surface area contributed by atoms with Gasteiger partial charge in [-0.1, -0.05) is 0 Å². The molecule has 0 radical (unpaired) electrons. The molecule has 4 heteroatoms. The first-order valence-electron chi connectivity index (χ1n) is 6.77. The molecule has 18 heavy (non-hydrogen) atoms. The molecule has 2 heterocycles. The standard InChI is InChI=1S/C14H20N2OS/c1-14(5-6-15-9-14)13(17)16-8-11-7-10-3-2-4-12(10)18-11/h7,15H,2-6,8-9H2,1H3,(H,16,17). The summed E-state index contributed by atoms with van der Waals surface area (Å²) in [5.74, 6) is 0.195. The van der Waals surface area contributed by atoms with Gasteiger partial charge in [0.25, 0.3) is 0 Å². The van der Waals surface area contributed by atoms with E-state index in [0.29, 0.717) is 6.54 Å². The highest BCUT2D eigenvalue weighted by Crippen LogP contribution is 2.31. The third-order valence-corrected chi connectivity index (χ3v) is 5.37. The lowest BCUT2D eigenvalue weighted by Crippen LogP contribution is -2.39. The van der Waals surface area contributed by atoms with Crippen molar-refractivity contribution in [3.05, 3.63) is 21.4 Å². The van der Waals surface area contributed by atoms with Gasteiger partial charge in [0.1, 0.15) is 0 Å². The molecule has 1 aliphatic carbocycles. The topological polar surface area (TPSA) is 41.1 Å². The fourth-order valence-electron chi connectivity index (χ4n) is 2.87. The Kier molecular flexibility index (Phi) is 3.16. The Balaban J connectivity index is 1.59. The molecule has 3 nitrogen and oxygen atoms in total. The molecule has 1 fully saturated rings. The van der Waals surface area contributed by atoms with Crippen LogP contribution in [0.1, 0.15) is 35.1 Å². The van der Waals surface area contributed by atoms with Gasteiger partial charge in [-0.3, -0.25) is 4.79 Å². The van der Waals surface area contributed by atoms with Crippen LogP contribution >= 0.6 is 11.3 Å². The lowest BCUT2D eigenvalue weighted by atomic mass is 9.89. The third-order valence-electron chi connectivity index (χ3n) is 4.14. The number of fused-ring (bicyclic) bond motifs is 1. The molecule has 3 rings (SSSR count). The summed E-state index contributed by atoms with van der Waals surface area (Å²) < 4.78 is 0. The Labute approximate surface area is 112 Å². The van der Waals surface area contributed by atoms with Crippen molar-refractivity contribution in [3.63, 3.8) is 0 Å². The van der Waals surface area contributed by atoms with Gasteiger partial charge >= 0.3 is 0 Å². The van der Waals surface area contributed by atoms with Crippen LogP contribution in [0.15, 0.2) is 6.07 Å². The summed E-state index contributed by atoms with van der Waals surface area (Å²) in [7, 11) is 0. The molecular formula is C14H20N2OS.